The molecule has 0 amide bonds. The Labute approximate surface area is 165 Å². The van der Waals surface area contributed by atoms with Crippen LogP contribution in [0.4, 0.5) is 4.39 Å². The fraction of sp³-hybridized carbons (Fsp3) is 0.389. The number of rotatable bonds is 5. The van der Waals surface area contributed by atoms with E-state index in [-0.39, 0.29) is 5.82 Å². The van der Waals surface area contributed by atoms with Gasteiger partial charge in [-0.15, -0.1) is 5.59 Å². The predicted molar refractivity (Wildman–Crippen MR) is 99.5 cm³/mol. The SMILES string of the molecule is C[C@]1(CN2CCc3oc(-c4ccc(F)cc4)nc3C2)CN(/C=C(\N)[N+](=O)[O-])NO1. The summed E-state index contributed by atoms with van der Waals surface area (Å²) in [6.07, 6.45) is 1.90. The molecule has 1 aromatic heterocycles. The van der Waals surface area contributed by atoms with E-state index < -0.39 is 16.3 Å². The first-order chi connectivity index (χ1) is 13.8. The van der Waals surface area contributed by atoms with Crippen LogP contribution in [-0.4, -0.2) is 45.1 Å². The lowest BCUT2D eigenvalue weighted by Gasteiger charge is -2.31. The second-order valence-corrected chi connectivity index (χ2v) is 7.44. The Hall–Kier alpha value is -3.02. The summed E-state index contributed by atoms with van der Waals surface area (Å²) in [5, 5.41) is 12.1. The van der Waals surface area contributed by atoms with Crippen molar-refractivity contribution in [1.82, 2.24) is 20.5 Å². The van der Waals surface area contributed by atoms with Gasteiger partial charge in [0.25, 0.3) is 0 Å². The summed E-state index contributed by atoms with van der Waals surface area (Å²) in [6, 6.07) is 6.04. The highest BCUT2D eigenvalue weighted by atomic mass is 19.1. The Kier molecular flexibility index (Phi) is 4.94. The average molecular weight is 404 g/mol. The third-order valence-corrected chi connectivity index (χ3v) is 4.87. The van der Waals surface area contributed by atoms with Gasteiger partial charge >= 0.3 is 5.82 Å². The minimum atomic E-state index is -0.660. The van der Waals surface area contributed by atoms with Crippen LogP contribution in [0.1, 0.15) is 18.4 Å². The molecule has 2 aromatic rings. The molecule has 2 aliphatic heterocycles. The molecule has 1 saturated heterocycles. The third-order valence-electron chi connectivity index (χ3n) is 4.87. The standard InChI is InChI=1S/C18H21FN6O4/c1-18(11-24(22-29-18)9-16(20)25(26)27)10-23-7-6-15-14(8-23)21-17(28-15)12-2-4-13(19)5-3-12/h2-5,9,22H,6-8,10-11,20H2,1H3/b16-9+/t18-/m0/s1. The molecule has 10 nitrogen and oxygen atoms in total. The molecule has 4 rings (SSSR count). The molecule has 3 heterocycles. The highest BCUT2D eigenvalue weighted by Crippen LogP contribution is 2.28. The molecule has 0 aliphatic carbocycles. The monoisotopic (exact) mass is 404 g/mol. The smallest absolute Gasteiger partial charge is 0.331 e. The number of nitro groups is 1. The zero-order valence-corrected chi connectivity index (χ0v) is 15.8. The molecule has 154 valence electrons. The maximum atomic E-state index is 13.1. The van der Waals surface area contributed by atoms with Crippen LogP contribution in [0.3, 0.4) is 0 Å². The summed E-state index contributed by atoms with van der Waals surface area (Å²) in [6.45, 7) is 4.24. The number of nitrogens with zero attached hydrogens (tertiary/aromatic N) is 4. The molecular formula is C18H21FN6O4. The number of hydrogen-bond donors (Lipinski definition) is 2. The predicted octanol–water partition coefficient (Wildman–Crippen LogP) is 1.38. The summed E-state index contributed by atoms with van der Waals surface area (Å²) in [5.74, 6) is 0.537. The van der Waals surface area contributed by atoms with Crippen molar-refractivity contribution in [3.63, 3.8) is 0 Å². The largest absolute Gasteiger partial charge is 0.441 e. The molecule has 1 aromatic carbocycles. The number of halogens is 1. The lowest BCUT2D eigenvalue weighted by Crippen LogP contribution is -2.45. The summed E-state index contributed by atoms with van der Waals surface area (Å²) in [4.78, 5) is 22.4. The van der Waals surface area contributed by atoms with Gasteiger partial charge in [-0.05, 0) is 36.1 Å². The topological polar surface area (TPSA) is 123 Å². The quantitative estimate of drug-likeness (QED) is 0.562. The first kappa shape index (κ1) is 19.3. The maximum Gasteiger partial charge on any atom is 0.331 e. The van der Waals surface area contributed by atoms with E-state index in [1.54, 1.807) is 12.1 Å². The third kappa shape index (κ3) is 4.21. The molecule has 2 aliphatic rings. The van der Waals surface area contributed by atoms with Crippen molar-refractivity contribution in [3.8, 4) is 11.5 Å². The second-order valence-electron chi connectivity index (χ2n) is 7.44. The molecule has 0 bridgehead atoms. The van der Waals surface area contributed by atoms with E-state index in [0.717, 1.165) is 23.6 Å². The van der Waals surface area contributed by atoms with Crippen LogP contribution in [0, 0.1) is 15.9 Å². The minimum absolute atomic E-state index is 0.307. The Balaban J connectivity index is 1.41. The number of hydrogen-bond acceptors (Lipinski definition) is 9. The van der Waals surface area contributed by atoms with Crippen molar-refractivity contribution >= 4 is 0 Å². The molecule has 0 unspecified atom stereocenters. The number of hydrazine groups is 1. The van der Waals surface area contributed by atoms with E-state index in [2.05, 4.69) is 15.5 Å². The van der Waals surface area contributed by atoms with Gasteiger partial charge in [-0.2, -0.15) is 0 Å². The fourth-order valence-corrected chi connectivity index (χ4v) is 3.53. The number of nitrogens with two attached hydrogens (primary N) is 1. The number of fused-ring (bicyclic) bond motifs is 1. The van der Waals surface area contributed by atoms with Gasteiger partial charge in [0.2, 0.25) is 5.89 Å². The van der Waals surface area contributed by atoms with Crippen LogP contribution in [-0.2, 0) is 17.8 Å². The van der Waals surface area contributed by atoms with Crippen LogP contribution in [0.5, 0.6) is 0 Å². The van der Waals surface area contributed by atoms with Crippen LogP contribution in [0.25, 0.3) is 11.5 Å². The van der Waals surface area contributed by atoms with Gasteiger partial charge in [-0.3, -0.25) is 20.5 Å². The summed E-state index contributed by atoms with van der Waals surface area (Å²) in [7, 11) is 0. The Morgan fingerprint density at radius 2 is 2.24 bits per heavy atom. The normalized spacial score (nSPS) is 22.7. The molecule has 0 radical (unpaired) electrons. The second kappa shape index (κ2) is 7.43. The van der Waals surface area contributed by atoms with Crippen LogP contribution in [0.2, 0.25) is 0 Å². The van der Waals surface area contributed by atoms with Crippen molar-refractivity contribution in [3.05, 3.63) is 63.7 Å². The van der Waals surface area contributed by atoms with E-state index in [1.165, 1.54) is 23.3 Å². The Morgan fingerprint density at radius 3 is 2.97 bits per heavy atom. The van der Waals surface area contributed by atoms with Crippen molar-refractivity contribution in [2.24, 2.45) is 5.73 Å². The minimum Gasteiger partial charge on any atom is -0.441 e. The van der Waals surface area contributed by atoms with Gasteiger partial charge in [0.1, 0.15) is 23.4 Å². The van der Waals surface area contributed by atoms with Gasteiger partial charge in [0, 0.05) is 31.6 Å². The van der Waals surface area contributed by atoms with Gasteiger partial charge in [-0.1, -0.05) is 0 Å². The van der Waals surface area contributed by atoms with Crippen LogP contribution in [0.15, 0.2) is 40.7 Å². The van der Waals surface area contributed by atoms with Crippen molar-refractivity contribution in [2.75, 3.05) is 19.6 Å². The van der Waals surface area contributed by atoms with Gasteiger partial charge in [0.15, 0.2) is 0 Å². The van der Waals surface area contributed by atoms with Crippen molar-refractivity contribution < 1.29 is 18.6 Å². The van der Waals surface area contributed by atoms with E-state index in [0.29, 0.717) is 31.9 Å². The Bertz CT molecular complexity index is 946. The lowest BCUT2D eigenvalue weighted by molar-refractivity contribution is -0.427. The number of benzene rings is 1. The van der Waals surface area contributed by atoms with E-state index in [9.17, 15) is 14.5 Å². The molecule has 1 atom stereocenters. The summed E-state index contributed by atoms with van der Waals surface area (Å²) >= 11 is 0. The summed E-state index contributed by atoms with van der Waals surface area (Å²) < 4.78 is 19.0. The Morgan fingerprint density at radius 1 is 1.48 bits per heavy atom. The van der Waals surface area contributed by atoms with Gasteiger partial charge < -0.3 is 14.5 Å². The molecule has 29 heavy (non-hydrogen) atoms. The van der Waals surface area contributed by atoms with Gasteiger partial charge in [0.05, 0.1) is 12.2 Å². The van der Waals surface area contributed by atoms with E-state index in [4.69, 9.17) is 15.0 Å². The number of oxazole rings is 1. The molecule has 1 fully saturated rings. The molecule has 0 spiro atoms. The maximum absolute atomic E-state index is 13.1. The fourth-order valence-electron chi connectivity index (χ4n) is 3.53. The lowest BCUT2D eigenvalue weighted by atomic mass is 10.0. The molecule has 0 saturated carbocycles. The molecule has 3 N–H and O–H groups in total. The molecular weight excluding hydrogens is 383 g/mol. The zero-order chi connectivity index (χ0) is 20.6. The number of aromatic nitrogens is 1. The van der Waals surface area contributed by atoms with E-state index in [1.807, 2.05) is 6.92 Å². The molecule has 11 heteroatoms. The van der Waals surface area contributed by atoms with Gasteiger partial charge in [-0.25, -0.2) is 9.37 Å². The van der Waals surface area contributed by atoms with Crippen molar-refractivity contribution in [2.45, 2.75) is 25.5 Å². The first-order valence-corrected chi connectivity index (χ1v) is 9.10. The van der Waals surface area contributed by atoms with E-state index >= 15 is 0 Å². The van der Waals surface area contributed by atoms with Crippen molar-refractivity contribution in [1.29, 1.82) is 0 Å². The average Bonchev–Trinajstić information content (AvgIpc) is 3.25. The van der Waals surface area contributed by atoms with Crippen LogP contribution >= 0.6 is 0 Å². The number of nitrogens with one attached hydrogen (secondary N) is 1. The highest BCUT2D eigenvalue weighted by molar-refractivity contribution is 5.53. The first-order valence-electron chi connectivity index (χ1n) is 9.10. The summed E-state index contributed by atoms with van der Waals surface area (Å²) in [5.41, 5.74) is 9.00. The zero-order valence-electron chi connectivity index (χ0n) is 15.8. The van der Waals surface area contributed by atoms with Crippen LogP contribution < -0.4 is 11.3 Å². The highest BCUT2D eigenvalue weighted by Gasteiger charge is 2.38.